The number of halogens is 2. The number of aryl methyl sites for hydroxylation is 1. The quantitative estimate of drug-likeness (QED) is 0.506. The van der Waals surface area contributed by atoms with Crippen LogP contribution in [-0.2, 0) is 0 Å². The second-order valence-corrected chi connectivity index (χ2v) is 9.54. The number of alkyl halides is 1. The third-order valence-corrected chi connectivity index (χ3v) is 7.02. The Morgan fingerprint density at radius 2 is 2.12 bits per heavy atom. The van der Waals surface area contributed by atoms with Crippen LogP contribution in [0.15, 0.2) is 24.3 Å². The Labute approximate surface area is 200 Å². The number of carboxylic acid groups (broad SMARTS) is 1. The monoisotopic (exact) mass is 480 g/mol. The van der Waals surface area contributed by atoms with Crippen LogP contribution in [0, 0.1) is 23.7 Å². The van der Waals surface area contributed by atoms with Gasteiger partial charge in [-0.25, -0.2) is 24.1 Å². The van der Waals surface area contributed by atoms with Gasteiger partial charge in [-0.05, 0) is 50.5 Å². The van der Waals surface area contributed by atoms with Gasteiger partial charge >= 0.3 is 5.97 Å². The average Bonchev–Trinajstić information content (AvgIpc) is 2.77. The summed E-state index contributed by atoms with van der Waals surface area (Å²) in [4.78, 5) is 26.9. The Morgan fingerprint density at radius 3 is 2.74 bits per heavy atom. The highest BCUT2D eigenvalue weighted by atomic mass is 35.5. The van der Waals surface area contributed by atoms with E-state index in [9.17, 15) is 19.6 Å². The molecule has 2 atom stereocenters. The van der Waals surface area contributed by atoms with Crippen LogP contribution in [-0.4, -0.2) is 45.3 Å². The predicted molar refractivity (Wildman–Crippen MR) is 126 cm³/mol. The first-order valence-corrected chi connectivity index (χ1v) is 11.4. The first-order valence-electron chi connectivity index (χ1n) is 11.0. The first-order chi connectivity index (χ1) is 16.2. The minimum atomic E-state index is -1.19. The molecule has 5 rings (SSSR count). The zero-order valence-electron chi connectivity index (χ0n) is 18.6. The highest BCUT2D eigenvalue weighted by Crippen LogP contribution is 2.51. The molecular weight excluding hydrogens is 459 g/mol. The summed E-state index contributed by atoms with van der Waals surface area (Å²) in [5, 5.41) is 22.5. The van der Waals surface area contributed by atoms with E-state index in [-0.39, 0.29) is 28.0 Å². The number of nitriles is 1. The van der Waals surface area contributed by atoms with Gasteiger partial charge in [-0.1, -0.05) is 17.7 Å². The first kappa shape index (κ1) is 22.3. The Balaban J connectivity index is 1.54. The van der Waals surface area contributed by atoms with Crippen molar-refractivity contribution in [2.24, 2.45) is 5.41 Å². The Hall–Kier alpha value is -3.51. The summed E-state index contributed by atoms with van der Waals surface area (Å²) in [5.41, 5.74) is 2.93. The van der Waals surface area contributed by atoms with Gasteiger partial charge in [0.15, 0.2) is 17.2 Å². The SMILES string of the molecule is Cc1cc([C@@H](C)Nc2ccc(Cl)nc2C(=O)O)c2nc(N3CC4(CC[C@H]4F)C3)c(C#N)nc2c1. The standard InChI is InChI=1S/C24H22ClFN6O2/c1-12-7-14(13(2)28-15-3-4-19(25)30-21(15)23(33)34)20-16(8-12)29-17(9-27)22(31-20)32-10-24(11-32)6-5-18(24)26/h3-4,7-8,13,18,28H,5-6,10-11H2,1-2H3,(H,33,34)/t13-,18-/m1/s1. The maximum absolute atomic E-state index is 14.1. The molecule has 2 aliphatic rings. The zero-order valence-corrected chi connectivity index (χ0v) is 19.4. The highest BCUT2D eigenvalue weighted by Gasteiger charge is 2.56. The van der Waals surface area contributed by atoms with Gasteiger partial charge in [0.2, 0.25) is 0 Å². The number of hydrogen-bond donors (Lipinski definition) is 2. The third-order valence-electron chi connectivity index (χ3n) is 6.80. The highest BCUT2D eigenvalue weighted by molar-refractivity contribution is 6.29. The number of pyridine rings is 1. The van der Waals surface area contributed by atoms with E-state index >= 15 is 0 Å². The summed E-state index contributed by atoms with van der Waals surface area (Å²) in [5.74, 6) is -0.739. The van der Waals surface area contributed by atoms with Crippen molar-refractivity contribution in [1.29, 1.82) is 5.26 Å². The molecule has 174 valence electrons. The van der Waals surface area contributed by atoms with Crippen molar-refractivity contribution < 1.29 is 14.3 Å². The molecular formula is C24H22ClFN6O2. The molecule has 3 heterocycles. The molecule has 0 radical (unpaired) electrons. The number of aromatic carboxylic acids is 1. The molecule has 0 amide bonds. The van der Waals surface area contributed by atoms with Crippen LogP contribution in [0.5, 0.6) is 0 Å². The summed E-state index contributed by atoms with van der Waals surface area (Å²) in [6.45, 7) is 4.85. The summed E-state index contributed by atoms with van der Waals surface area (Å²) < 4.78 is 14.1. The molecule has 1 aliphatic heterocycles. The summed E-state index contributed by atoms with van der Waals surface area (Å²) in [6.07, 6.45) is 0.633. The van der Waals surface area contributed by atoms with Crippen molar-refractivity contribution in [2.45, 2.75) is 38.9 Å². The lowest BCUT2D eigenvalue weighted by Crippen LogP contribution is -2.66. The van der Waals surface area contributed by atoms with Crippen LogP contribution in [0.25, 0.3) is 11.0 Å². The van der Waals surface area contributed by atoms with Gasteiger partial charge in [0, 0.05) is 24.1 Å². The van der Waals surface area contributed by atoms with Crippen molar-refractivity contribution in [3.63, 3.8) is 0 Å². The van der Waals surface area contributed by atoms with Crippen LogP contribution in [0.3, 0.4) is 0 Å². The number of fused-ring (bicyclic) bond motifs is 1. The van der Waals surface area contributed by atoms with Crippen LogP contribution in [0.2, 0.25) is 5.15 Å². The molecule has 1 saturated carbocycles. The number of hydrogen-bond acceptors (Lipinski definition) is 7. The predicted octanol–water partition coefficient (Wildman–Crippen LogP) is 4.67. The van der Waals surface area contributed by atoms with Crippen molar-refractivity contribution >= 4 is 40.1 Å². The Morgan fingerprint density at radius 1 is 1.35 bits per heavy atom. The van der Waals surface area contributed by atoms with Crippen LogP contribution in [0.1, 0.15) is 53.1 Å². The van der Waals surface area contributed by atoms with E-state index in [0.717, 1.165) is 17.5 Å². The van der Waals surface area contributed by atoms with E-state index in [1.165, 1.54) is 6.07 Å². The molecule has 10 heteroatoms. The van der Waals surface area contributed by atoms with E-state index in [4.69, 9.17) is 16.6 Å². The molecule has 0 unspecified atom stereocenters. The summed E-state index contributed by atoms with van der Waals surface area (Å²) in [6, 6.07) is 8.68. The number of carbonyl (C=O) groups is 1. The molecule has 1 spiro atoms. The number of nitrogens with zero attached hydrogens (tertiary/aromatic N) is 5. The second-order valence-electron chi connectivity index (χ2n) is 9.16. The molecule has 1 aromatic carbocycles. The van der Waals surface area contributed by atoms with E-state index in [1.807, 2.05) is 30.9 Å². The summed E-state index contributed by atoms with van der Waals surface area (Å²) in [7, 11) is 0. The fourth-order valence-electron chi connectivity index (χ4n) is 4.86. The van der Waals surface area contributed by atoms with Crippen LogP contribution >= 0.6 is 11.6 Å². The van der Waals surface area contributed by atoms with Crippen LogP contribution in [0.4, 0.5) is 15.9 Å². The normalized spacial score (nSPS) is 19.3. The van der Waals surface area contributed by atoms with Gasteiger partial charge in [0.1, 0.15) is 17.4 Å². The van der Waals surface area contributed by atoms with E-state index in [1.54, 1.807) is 6.07 Å². The van der Waals surface area contributed by atoms with E-state index in [0.29, 0.717) is 42.0 Å². The number of carboxylic acids is 1. The van der Waals surface area contributed by atoms with Crippen molar-refractivity contribution in [1.82, 2.24) is 15.0 Å². The molecule has 34 heavy (non-hydrogen) atoms. The minimum Gasteiger partial charge on any atom is -0.476 e. The average molecular weight is 481 g/mol. The molecule has 0 bridgehead atoms. The number of nitrogens with one attached hydrogen (secondary N) is 1. The van der Waals surface area contributed by atoms with Crippen LogP contribution < -0.4 is 10.2 Å². The lowest BCUT2D eigenvalue weighted by atomic mass is 9.62. The van der Waals surface area contributed by atoms with Gasteiger partial charge in [0.05, 0.1) is 22.8 Å². The number of anilines is 2. The van der Waals surface area contributed by atoms with Gasteiger partial charge in [0.25, 0.3) is 0 Å². The number of benzene rings is 1. The van der Waals surface area contributed by atoms with Crippen molar-refractivity contribution in [3.8, 4) is 6.07 Å². The van der Waals surface area contributed by atoms with E-state index in [2.05, 4.69) is 21.4 Å². The number of rotatable bonds is 5. The van der Waals surface area contributed by atoms with Gasteiger partial charge in [-0.15, -0.1) is 0 Å². The Bertz CT molecular complexity index is 1370. The molecule has 1 aliphatic carbocycles. The summed E-state index contributed by atoms with van der Waals surface area (Å²) >= 11 is 5.88. The maximum atomic E-state index is 14.1. The smallest absolute Gasteiger partial charge is 0.356 e. The molecule has 2 N–H and O–H groups in total. The minimum absolute atomic E-state index is 0.0884. The largest absolute Gasteiger partial charge is 0.476 e. The Kier molecular flexibility index (Phi) is 5.29. The maximum Gasteiger partial charge on any atom is 0.356 e. The third kappa shape index (κ3) is 3.59. The molecule has 2 aromatic heterocycles. The van der Waals surface area contributed by atoms with Crippen molar-refractivity contribution in [3.05, 3.63) is 51.9 Å². The fourth-order valence-corrected chi connectivity index (χ4v) is 5.00. The molecule has 3 aromatic rings. The second kappa shape index (κ2) is 8.06. The van der Waals surface area contributed by atoms with Gasteiger partial charge in [-0.2, -0.15) is 5.26 Å². The van der Waals surface area contributed by atoms with Crippen molar-refractivity contribution in [2.75, 3.05) is 23.3 Å². The van der Waals surface area contributed by atoms with Gasteiger partial charge < -0.3 is 15.3 Å². The number of aromatic nitrogens is 3. The van der Waals surface area contributed by atoms with E-state index < -0.39 is 12.1 Å². The fraction of sp³-hybridized carbons (Fsp3) is 0.375. The van der Waals surface area contributed by atoms with Gasteiger partial charge in [-0.3, -0.25) is 0 Å². The lowest BCUT2D eigenvalue weighted by molar-refractivity contribution is -0.0272. The topological polar surface area (TPSA) is 115 Å². The molecule has 1 saturated heterocycles. The zero-order chi connectivity index (χ0) is 24.2. The lowest BCUT2D eigenvalue weighted by Gasteiger charge is -2.58. The molecule has 8 nitrogen and oxygen atoms in total. The molecule has 2 fully saturated rings.